The number of ether oxygens (including phenoxy) is 2. The number of aryl methyl sites for hydroxylation is 2. The van der Waals surface area contributed by atoms with Crippen LogP contribution in [0.1, 0.15) is 71.6 Å². The van der Waals surface area contributed by atoms with E-state index in [1.165, 1.54) is 0 Å². The molecule has 1 aliphatic rings. The van der Waals surface area contributed by atoms with Gasteiger partial charge in [-0.15, -0.1) is 0 Å². The molecule has 2 rings (SSSR count). The molecule has 0 saturated heterocycles. The standard InChI is InChI=1S/C24H37N3O5/c1-10-20(28)26-14-18(13-17-11-15(2)16(3)12-19(17)26)27(22(30)32-24(7,8)9)25-21(29)31-23(4,5)6/h11-12,18H,10,13-14H2,1-9H3,(H,25,29). The Bertz CT molecular complexity index is 883. The van der Waals surface area contributed by atoms with Gasteiger partial charge in [0, 0.05) is 18.7 Å². The molecule has 0 aromatic heterocycles. The fourth-order valence-corrected chi connectivity index (χ4v) is 3.50. The number of carbonyl (C=O) groups is 3. The third kappa shape index (κ3) is 6.61. The van der Waals surface area contributed by atoms with Crippen LogP contribution in [0.2, 0.25) is 0 Å². The van der Waals surface area contributed by atoms with E-state index in [-0.39, 0.29) is 12.5 Å². The molecule has 0 bridgehead atoms. The second-order valence-corrected chi connectivity index (χ2v) is 10.2. The summed E-state index contributed by atoms with van der Waals surface area (Å²) in [6.45, 7) is 16.6. The van der Waals surface area contributed by atoms with Crippen molar-refractivity contribution >= 4 is 23.8 Å². The predicted molar refractivity (Wildman–Crippen MR) is 123 cm³/mol. The summed E-state index contributed by atoms with van der Waals surface area (Å²) in [5.41, 5.74) is 5.03. The molecule has 0 saturated carbocycles. The molecule has 0 aliphatic carbocycles. The Morgan fingerprint density at radius 1 is 1.03 bits per heavy atom. The fourth-order valence-electron chi connectivity index (χ4n) is 3.50. The topological polar surface area (TPSA) is 88.2 Å². The van der Waals surface area contributed by atoms with Crippen LogP contribution < -0.4 is 10.3 Å². The van der Waals surface area contributed by atoms with Gasteiger partial charge >= 0.3 is 12.2 Å². The van der Waals surface area contributed by atoms with Crippen LogP contribution in [0.15, 0.2) is 12.1 Å². The average molecular weight is 448 g/mol. The van der Waals surface area contributed by atoms with E-state index in [9.17, 15) is 14.4 Å². The lowest BCUT2D eigenvalue weighted by molar-refractivity contribution is -0.118. The van der Waals surface area contributed by atoms with E-state index in [0.717, 1.165) is 27.4 Å². The third-order valence-electron chi connectivity index (χ3n) is 5.00. The summed E-state index contributed by atoms with van der Waals surface area (Å²) in [6.07, 6.45) is -0.684. The first-order valence-corrected chi connectivity index (χ1v) is 11.0. The maximum absolute atomic E-state index is 13.1. The van der Waals surface area contributed by atoms with Crippen LogP contribution in [-0.4, -0.2) is 46.9 Å². The summed E-state index contributed by atoms with van der Waals surface area (Å²) in [6, 6.07) is 3.52. The average Bonchev–Trinajstić information content (AvgIpc) is 2.63. The molecule has 32 heavy (non-hydrogen) atoms. The molecule has 8 heteroatoms. The van der Waals surface area contributed by atoms with Crippen LogP contribution in [0.4, 0.5) is 15.3 Å². The molecule has 1 atom stereocenters. The highest BCUT2D eigenvalue weighted by Crippen LogP contribution is 2.32. The van der Waals surface area contributed by atoms with Crippen molar-refractivity contribution in [2.24, 2.45) is 0 Å². The van der Waals surface area contributed by atoms with E-state index >= 15 is 0 Å². The largest absolute Gasteiger partial charge is 0.443 e. The highest BCUT2D eigenvalue weighted by atomic mass is 16.6. The smallest absolute Gasteiger partial charge is 0.429 e. The lowest BCUT2D eigenvalue weighted by Crippen LogP contribution is -2.59. The number of nitrogens with one attached hydrogen (secondary N) is 1. The number of anilines is 1. The number of amides is 3. The van der Waals surface area contributed by atoms with E-state index in [2.05, 4.69) is 5.43 Å². The van der Waals surface area contributed by atoms with Gasteiger partial charge in [0.2, 0.25) is 5.91 Å². The molecule has 3 amide bonds. The molecular formula is C24H37N3O5. The Kier molecular flexibility index (Phi) is 7.47. The number of benzene rings is 1. The molecular weight excluding hydrogens is 410 g/mol. The molecule has 1 aromatic rings. The number of hydrazine groups is 1. The van der Waals surface area contributed by atoms with Gasteiger partial charge in [0.1, 0.15) is 11.2 Å². The van der Waals surface area contributed by atoms with Crippen molar-refractivity contribution < 1.29 is 23.9 Å². The zero-order valence-corrected chi connectivity index (χ0v) is 20.8. The minimum Gasteiger partial charge on any atom is -0.443 e. The quantitative estimate of drug-likeness (QED) is 0.667. The summed E-state index contributed by atoms with van der Waals surface area (Å²) in [5.74, 6) is -0.0550. The Morgan fingerprint density at radius 2 is 1.59 bits per heavy atom. The van der Waals surface area contributed by atoms with Gasteiger partial charge in [-0.2, -0.15) is 0 Å². The van der Waals surface area contributed by atoms with Gasteiger partial charge in [0.15, 0.2) is 0 Å². The van der Waals surface area contributed by atoms with Crippen LogP contribution in [0, 0.1) is 13.8 Å². The maximum Gasteiger partial charge on any atom is 0.429 e. The van der Waals surface area contributed by atoms with E-state index in [0.29, 0.717) is 12.8 Å². The molecule has 1 aliphatic heterocycles. The summed E-state index contributed by atoms with van der Waals surface area (Å²) in [7, 11) is 0. The van der Waals surface area contributed by atoms with Gasteiger partial charge in [-0.25, -0.2) is 20.0 Å². The van der Waals surface area contributed by atoms with Gasteiger partial charge in [0.25, 0.3) is 0 Å². The van der Waals surface area contributed by atoms with E-state index in [1.54, 1.807) is 53.4 Å². The molecule has 1 N–H and O–H groups in total. The first-order valence-electron chi connectivity index (χ1n) is 11.0. The molecule has 1 unspecified atom stereocenters. The summed E-state index contributed by atoms with van der Waals surface area (Å²) >= 11 is 0. The van der Waals surface area contributed by atoms with Crippen molar-refractivity contribution in [3.63, 3.8) is 0 Å². The molecule has 8 nitrogen and oxygen atoms in total. The third-order valence-corrected chi connectivity index (χ3v) is 5.00. The summed E-state index contributed by atoms with van der Waals surface area (Å²) < 4.78 is 10.9. The van der Waals surface area contributed by atoms with Crippen molar-refractivity contribution in [3.05, 3.63) is 28.8 Å². The summed E-state index contributed by atoms with van der Waals surface area (Å²) in [4.78, 5) is 40.1. The fraction of sp³-hybridized carbons (Fsp3) is 0.625. The monoisotopic (exact) mass is 447 g/mol. The number of nitrogens with zero attached hydrogens (tertiary/aromatic N) is 2. The lowest BCUT2D eigenvalue weighted by Gasteiger charge is -2.40. The molecule has 0 fully saturated rings. The van der Waals surface area contributed by atoms with Crippen LogP contribution in [0.25, 0.3) is 0 Å². The Balaban J connectivity index is 2.44. The first-order chi connectivity index (χ1) is 14.6. The van der Waals surface area contributed by atoms with Crippen molar-refractivity contribution in [2.75, 3.05) is 11.4 Å². The maximum atomic E-state index is 13.1. The van der Waals surface area contributed by atoms with Crippen molar-refractivity contribution in [3.8, 4) is 0 Å². The Morgan fingerprint density at radius 3 is 2.12 bits per heavy atom. The van der Waals surface area contributed by atoms with Crippen molar-refractivity contribution in [2.45, 2.75) is 92.4 Å². The second kappa shape index (κ2) is 9.38. The number of hydrogen-bond acceptors (Lipinski definition) is 5. The highest BCUT2D eigenvalue weighted by molar-refractivity contribution is 5.95. The van der Waals surface area contributed by atoms with Crippen molar-refractivity contribution in [1.82, 2.24) is 10.4 Å². The minimum atomic E-state index is -0.761. The number of rotatable bonds is 2. The van der Waals surface area contributed by atoms with Gasteiger partial charge < -0.3 is 14.4 Å². The van der Waals surface area contributed by atoms with E-state index < -0.39 is 29.4 Å². The summed E-state index contributed by atoms with van der Waals surface area (Å²) in [5, 5.41) is 1.16. The van der Waals surface area contributed by atoms with E-state index in [1.807, 2.05) is 26.0 Å². The molecule has 178 valence electrons. The van der Waals surface area contributed by atoms with Crippen LogP contribution in [0.5, 0.6) is 0 Å². The highest BCUT2D eigenvalue weighted by Gasteiger charge is 2.37. The minimum absolute atomic E-state index is 0.0550. The molecule has 1 heterocycles. The number of hydrogen-bond donors (Lipinski definition) is 1. The van der Waals surface area contributed by atoms with Crippen molar-refractivity contribution in [1.29, 1.82) is 0 Å². The zero-order valence-electron chi connectivity index (χ0n) is 20.8. The van der Waals surface area contributed by atoms with Crippen LogP contribution in [-0.2, 0) is 20.7 Å². The predicted octanol–water partition coefficient (Wildman–Crippen LogP) is 4.65. The van der Waals surface area contributed by atoms with Crippen LogP contribution in [0.3, 0.4) is 0 Å². The Labute approximate surface area is 191 Å². The van der Waals surface area contributed by atoms with Gasteiger partial charge in [-0.1, -0.05) is 13.0 Å². The molecule has 0 spiro atoms. The Hall–Kier alpha value is -2.77. The second-order valence-electron chi connectivity index (χ2n) is 10.2. The first kappa shape index (κ1) is 25.5. The molecule has 0 radical (unpaired) electrons. The lowest BCUT2D eigenvalue weighted by atomic mass is 9.93. The zero-order chi connectivity index (χ0) is 24.4. The SMILES string of the molecule is CCC(=O)N1CC(N(NC(=O)OC(C)(C)C)C(=O)OC(C)(C)C)Cc2cc(C)c(C)cc21. The van der Waals surface area contributed by atoms with Gasteiger partial charge in [0.05, 0.1) is 6.04 Å². The van der Waals surface area contributed by atoms with E-state index in [4.69, 9.17) is 9.47 Å². The normalized spacial score (nSPS) is 16.2. The van der Waals surface area contributed by atoms with Gasteiger partial charge in [-0.3, -0.25) is 4.79 Å². The molecule has 1 aromatic carbocycles. The number of carbonyl (C=O) groups excluding carboxylic acids is 3. The van der Waals surface area contributed by atoms with Crippen LogP contribution >= 0.6 is 0 Å². The number of fused-ring (bicyclic) bond motifs is 1. The van der Waals surface area contributed by atoms with Gasteiger partial charge in [-0.05, 0) is 84.6 Å².